The van der Waals surface area contributed by atoms with Gasteiger partial charge in [0, 0.05) is 95.1 Å². The highest BCUT2D eigenvalue weighted by Gasteiger charge is 2.46. The molecule has 0 saturated heterocycles. The van der Waals surface area contributed by atoms with Crippen LogP contribution in [-0.4, -0.2) is 41.3 Å². The third kappa shape index (κ3) is 7.97. The highest BCUT2D eigenvalue weighted by atomic mass is 16.6. The molecule has 0 amide bonds. The Labute approximate surface area is 434 Å². The molecule has 0 bridgehead atoms. The zero-order valence-electron chi connectivity index (χ0n) is 44.2. The molecule has 10 rings (SSSR count). The molecule has 3 aliphatic rings. The van der Waals surface area contributed by atoms with E-state index in [1.165, 1.54) is 49.8 Å². The lowest BCUT2D eigenvalue weighted by molar-refractivity contribution is -0.401. The minimum absolute atomic E-state index is 0.0377. The van der Waals surface area contributed by atoms with Gasteiger partial charge in [-0.3, -0.25) is 20.2 Å². The number of allylic oxidation sites excluding steroid dienone is 9. The fraction of sp³-hybridized carbons (Fsp3) is 0.246. The molecule has 9 heteroatoms. The minimum atomic E-state index is -0.725. The van der Waals surface area contributed by atoms with E-state index in [0.717, 1.165) is 50.5 Å². The van der Waals surface area contributed by atoms with E-state index < -0.39 is 10.8 Å². The Kier molecular flexibility index (Phi) is 12.1. The first-order valence-electron chi connectivity index (χ1n) is 25.4. The molecule has 74 heavy (non-hydrogen) atoms. The van der Waals surface area contributed by atoms with E-state index in [9.17, 15) is 20.2 Å². The van der Waals surface area contributed by atoms with Gasteiger partial charge in [0.1, 0.15) is 7.05 Å². The number of non-ortho nitro benzene ring substituents is 2. The molecular formula is C65H64N5O4+. The van der Waals surface area contributed by atoms with Crippen molar-refractivity contribution in [2.45, 2.75) is 83.0 Å². The molecule has 7 aromatic rings. The van der Waals surface area contributed by atoms with Crippen LogP contribution in [-0.2, 0) is 34.5 Å². The van der Waals surface area contributed by atoms with Gasteiger partial charge in [0.25, 0.3) is 11.4 Å². The fourth-order valence-corrected chi connectivity index (χ4v) is 12.8. The smallest absolute Gasteiger partial charge is 0.269 e. The van der Waals surface area contributed by atoms with Gasteiger partial charge in [0.2, 0.25) is 5.69 Å². The molecule has 9 nitrogen and oxygen atoms in total. The molecule has 0 fully saturated rings. The van der Waals surface area contributed by atoms with Gasteiger partial charge in [-0.2, -0.15) is 4.58 Å². The van der Waals surface area contributed by atoms with Gasteiger partial charge in [0.05, 0.1) is 15.3 Å². The second kappa shape index (κ2) is 18.1. The van der Waals surface area contributed by atoms with Gasteiger partial charge in [-0.05, 0) is 131 Å². The lowest BCUT2D eigenvalue weighted by Gasteiger charge is -2.33. The molecule has 2 atom stereocenters. The topological polar surface area (TPSA) is 95.8 Å². The normalized spacial score (nSPS) is 19.5. The standard InChI is InChI=1S/C65H64N5O4/c1-42-26-33-48(69(71)72)38-52(42)64(7,43(2)18-16-23-57-62(3,4)60-50-21-14-12-19-46(50)31-35-55(60)67(57)10)40-44-27-29-45(30-28-44)41-65(8)53-39-49(70(73)74)34-37-54(53)66(9)59(65)25-17-24-58-63(5,6)61-51-22-15-13-20-47(51)32-36-56(61)68(58)11/h12-39H,2,40-41H2,1,3-11H3/q+1/b18-16+,57-23+. The van der Waals surface area contributed by atoms with Crippen molar-refractivity contribution < 1.29 is 14.4 Å². The number of aryl methyl sites for hydroxylation is 1. The summed E-state index contributed by atoms with van der Waals surface area (Å²) in [6, 6.07) is 44.8. The zero-order valence-corrected chi connectivity index (χ0v) is 44.2. The van der Waals surface area contributed by atoms with E-state index in [4.69, 9.17) is 0 Å². The monoisotopic (exact) mass is 978 g/mol. The van der Waals surface area contributed by atoms with E-state index in [2.05, 4.69) is 210 Å². The Hall–Kier alpha value is -8.17. The van der Waals surface area contributed by atoms with Crippen LogP contribution in [0.5, 0.6) is 0 Å². The number of nitrogens with zero attached hydrogens (tertiary/aromatic N) is 5. The van der Waals surface area contributed by atoms with E-state index in [1.807, 2.05) is 26.1 Å². The Morgan fingerprint density at radius 3 is 1.92 bits per heavy atom. The van der Waals surface area contributed by atoms with Crippen LogP contribution in [0.1, 0.15) is 80.5 Å². The fourth-order valence-electron chi connectivity index (χ4n) is 12.8. The maximum atomic E-state index is 12.2. The zero-order chi connectivity index (χ0) is 52.6. The van der Waals surface area contributed by atoms with Crippen LogP contribution >= 0.6 is 0 Å². The summed E-state index contributed by atoms with van der Waals surface area (Å²) < 4.78 is 2.29. The van der Waals surface area contributed by atoms with Gasteiger partial charge >= 0.3 is 0 Å². The van der Waals surface area contributed by atoms with Crippen molar-refractivity contribution >= 4 is 55.7 Å². The first kappa shape index (κ1) is 49.4. The van der Waals surface area contributed by atoms with Crippen molar-refractivity contribution in [2.24, 2.45) is 0 Å². The van der Waals surface area contributed by atoms with Crippen molar-refractivity contribution in [3.63, 3.8) is 0 Å². The first-order valence-corrected chi connectivity index (χ1v) is 25.4. The van der Waals surface area contributed by atoms with Crippen LogP contribution in [0.2, 0.25) is 0 Å². The number of nitro benzene ring substituents is 2. The minimum Gasteiger partial charge on any atom is -0.347 e. The Balaban J connectivity index is 0.968. The summed E-state index contributed by atoms with van der Waals surface area (Å²) in [5, 5.41) is 29.4. The average molecular weight is 979 g/mol. The summed E-state index contributed by atoms with van der Waals surface area (Å²) in [6.45, 7) is 20.1. The van der Waals surface area contributed by atoms with Crippen LogP contribution in [0.4, 0.5) is 28.4 Å². The van der Waals surface area contributed by atoms with Crippen LogP contribution in [0.25, 0.3) is 21.5 Å². The van der Waals surface area contributed by atoms with Gasteiger partial charge < -0.3 is 9.80 Å². The van der Waals surface area contributed by atoms with Crippen molar-refractivity contribution in [1.82, 2.24) is 0 Å². The Morgan fingerprint density at radius 1 is 0.676 bits per heavy atom. The molecular weight excluding hydrogens is 915 g/mol. The molecule has 0 saturated carbocycles. The van der Waals surface area contributed by atoms with Gasteiger partial charge in [-0.1, -0.05) is 131 Å². The van der Waals surface area contributed by atoms with Gasteiger partial charge in [-0.15, -0.1) is 0 Å². The van der Waals surface area contributed by atoms with Gasteiger partial charge in [0.15, 0.2) is 5.71 Å². The highest BCUT2D eigenvalue weighted by molar-refractivity contribution is 6.07. The van der Waals surface area contributed by atoms with Crippen molar-refractivity contribution in [3.05, 3.63) is 253 Å². The molecule has 7 aromatic carbocycles. The van der Waals surface area contributed by atoms with E-state index in [1.54, 1.807) is 24.3 Å². The summed E-state index contributed by atoms with van der Waals surface area (Å²) in [5.41, 5.74) is 13.2. The molecule has 0 N–H and O–H groups in total. The number of benzene rings is 7. The van der Waals surface area contributed by atoms with E-state index >= 15 is 0 Å². The largest absolute Gasteiger partial charge is 0.347 e. The van der Waals surface area contributed by atoms with Crippen LogP contribution < -0.4 is 9.80 Å². The number of fused-ring (bicyclic) bond motifs is 7. The van der Waals surface area contributed by atoms with Crippen molar-refractivity contribution in [3.8, 4) is 0 Å². The number of nitro groups is 2. The highest BCUT2D eigenvalue weighted by Crippen LogP contribution is 2.52. The predicted octanol–water partition coefficient (Wildman–Crippen LogP) is 15.1. The number of rotatable bonds is 12. The van der Waals surface area contributed by atoms with E-state index in [0.29, 0.717) is 12.8 Å². The molecule has 0 aliphatic carbocycles. The second-order valence-corrected chi connectivity index (χ2v) is 22.1. The maximum absolute atomic E-state index is 12.2. The second-order valence-electron chi connectivity index (χ2n) is 22.1. The van der Waals surface area contributed by atoms with Crippen LogP contribution in [0, 0.1) is 27.2 Å². The summed E-state index contributed by atoms with van der Waals surface area (Å²) in [6.07, 6.45) is 14.0. The third-order valence-corrected chi connectivity index (χ3v) is 16.8. The molecule has 0 aromatic heterocycles. The summed E-state index contributed by atoms with van der Waals surface area (Å²) >= 11 is 0. The third-order valence-electron chi connectivity index (χ3n) is 16.8. The lowest BCUT2D eigenvalue weighted by atomic mass is 9.70. The van der Waals surface area contributed by atoms with Gasteiger partial charge in [-0.25, -0.2) is 0 Å². The predicted molar refractivity (Wildman–Crippen MR) is 305 cm³/mol. The quantitative estimate of drug-likeness (QED) is 0.0524. The maximum Gasteiger partial charge on any atom is 0.269 e. The first-order chi connectivity index (χ1) is 35.2. The molecule has 3 heterocycles. The van der Waals surface area contributed by atoms with Crippen molar-refractivity contribution in [2.75, 3.05) is 30.9 Å². The molecule has 2 unspecified atom stereocenters. The molecule has 0 spiro atoms. The number of likely N-dealkylation sites (N-methyl/N-ethyl adjacent to an activating group) is 2. The van der Waals surface area contributed by atoms with Crippen molar-refractivity contribution in [1.29, 1.82) is 0 Å². The lowest BCUT2D eigenvalue weighted by Crippen LogP contribution is -2.29. The van der Waals surface area contributed by atoms with Crippen LogP contribution in [0.15, 0.2) is 193 Å². The Bertz CT molecular complexity index is 3690. The molecule has 372 valence electrons. The molecule has 3 aliphatic heterocycles. The number of hydrogen-bond donors (Lipinski definition) is 0. The van der Waals surface area contributed by atoms with Crippen LogP contribution in [0.3, 0.4) is 0 Å². The Morgan fingerprint density at radius 2 is 1.24 bits per heavy atom. The number of anilines is 2. The summed E-state index contributed by atoms with van der Waals surface area (Å²) in [4.78, 5) is 28.3. The SMILES string of the molecule is C=C(/C=C/C=C1/N(C)c2ccc3ccccc3c2C1(C)C)C(C)(Cc1ccc(CC2(C)C(=CC=CC3=[N+](C)c4ccc5ccccc5c4C3(C)C)N(C)c3ccc([N+](=O)[O-])cc32)cc1)c1cc([N+](=O)[O-])ccc1C. The number of hydrogen-bond acceptors (Lipinski definition) is 6. The summed E-state index contributed by atoms with van der Waals surface area (Å²) in [5.74, 6) is 0. The molecule has 0 radical (unpaired) electrons. The average Bonchev–Trinajstić information content (AvgIpc) is 3.81. The summed E-state index contributed by atoms with van der Waals surface area (Å²) in [7, 11) is 6.30. The van der Waals surface area contributed by atoms with E-state index in [-0.39, 0.29) is 32.1 Å².